The largest absolute Gasteiger partial charge is 0.406 e. The van der Waals surface area contributed by atoms with E-state index in [1.165, 1.54) is 0 Å². The number of carbonyl (C=O) groups is 2. The molecule has 1 aliphatic rings. The summed E-state index contributed by atoms with van der Waals surface area (Å²) in [4.78, 5) is 27.5. The zero-order valence-electron chi connectivity index (χ0n) is 12.0. The SMILES string of the molecule is O=C(N[C@H]1CC(=O)N(CC(F)(F)F)C1)c1ccc2[nH]ccc2c1. The summed E-state index contributed by atoms with van der Waals surface area (Å²) in [5.74, 6) is -1.01. The molecule has 2 heterocycles. The maximum atomic E-state index is 12.4. The molecule has 0 spiro atoms. The van der Waals surface area contributed by atoms with E-state index in [1.54, 1.807) is 24.4 Å². The van der Waals surface area contributed by atoms with Crippen LogP contribution in [0.5, 0.6) is 0 Å². The van der Waals surface area contributed by atoms with Crippen molar-refractivity contribution in [1.29, 1.82) is 0 Å². The number of H-pyrrole nitrogens is 1. The summed E-state index contributed by atoms with van der Waals surface area (Å²) < 4.78 is 37.1. The molecule has 1 saturated heterocycles. The van der Waals surface area contributed by atoms with Crippen LogP contribution in [0.25, 0.3) is 10.9 Å². The molecule has 0 radical (unpaired) electrons. The minimum Gasteiger partial charge on any atom is -0.361 e. The first-order chi connectivity index (χ1) is 10.8. The molecule has 1 aliphatic heterocycles. The van der Waals surface area contributed by atoms with Crippen molar-refractivity contribution < 1.29 is 22.8 Å². The molecule has 1 aromatic heterocycles. The zero-order valence-corrected chi connectivity index (χ0v) is 12.0. The normalized spacial score (nSPS) is 18.7. The van der Waals surface area contributed by atoms with Crippen LogP contribution in [-0.2, 0) is 4.79 Å². The Morgan fingerprint density at radius 3 is 2.87 bits per heavy atom. The molecule has 1 fully saturated rings. The number of aromatic amines is 1. The van der Waals surface area contributed by atoms with Crippen molar-refractivity contribution in [3.05, 3.63) is 36.0 Å². The fourth-order valence-corrected chi connectivity index (χ4v) is 2.70. The third-order valence-electron chi connectivity index (χ3n) is 3.74. The van der Waals surface area contributed by atoms with Crippen molar-refractivity contribution in [2.24, 2.45) is 0 Å². The van der Waals surface area contributed by atoms with Gasteiger partial charge in [0.05, 0.1) is 6.04 Å². The van der Waals surface area contributed by atoms with Gasteiger partial charge in [-0.25, -0.2) is 0 Å². The number of hydrogen-bond acceptors (Lipinski definition) is 2. The lowest BCUT2D eigenvalue weighted by atomic mass is 10.1. The highest BCUT2D eigenvalue weighted by Crippen LogP contribution is 2.21. The molecule has 2 N–H and O–H groups in total. The van der Waals surface area contributed by atoms with E-state index in [1.807, 2.05) is 6.07 Å². The molecule has 1 atom stereocenters. The van der Waals surface area contributed by atoms with Crippen LogP contribution in [0.2, 0.25) is 0 Å². The number of likely N-dealkylation sites (tertiary alicyclic amines) is 1. The first-order valence-corrected chi connectivity index (χ1v) is 7.04. The van der Waals surface area contributed by atoms with Gasteiger partial charge < -0.3 is 15.2 Å². The van der Waals surface area contributed by atoms with E-state index in [2.05, 4.69) is 10.3 Å². The topological polar surface area (TPSA) is 65.2 Å². The van der Waals surface area contributed by atoms with Gasteiger partial charge in [-0.1, -0.05) is 0 Å². The first kappa shape index (κ1) is 15.4. The van der Waals surface area contributed by atoms with Crippen LogP contribution in [0.3, 0.4) is 0 Å². The molecular weight excluding hydrogens is 311 g/mol. The Bertz CT molecular complexity index is 754. The lowest BCUT2D eigenvalue weighted by Crippen LogP contribution is -2.39. The van der Waals surface area contributed by atoms with E-state index in [9.17, 15) is 22.8 Å². The van der Waals surface area contributed by atoms with Gasteiger partial charge in [-0.3, -0.25) is 9.59 Å². The molecule has 0 unspecified atom stereocenters. The van der Waals surface area contributed by atoms with E-state index >= 15 is 0 Å². The van der Waals surface area contributed by atoms with Crippen molar-refractivity contribution in [3.8, 4) is 0 Å². The average molecular weight is 325 g/mol. The van der Waals surface area contributed by atoms with Gasteiger partial charge in [0.25, 0.3) is 5.91 Å². The molecular formula is C15H14F3N3O2. The Balaban J connectivity index is 1.65. The van der Waals surface area contributed by atoms with E-state index in [4.69, 9.17) is 0 Å². The minimum atomic E-state index is -4.44. The fraction of sp³-hybridized carbons (Fsp3) is 0.333. The molecule has 122 valence electrons. The van der Waals surface area contributed by atoms with E-state index in [0.717, 1.165) is 15.8 Å². The molecule has 0 bridgehead atoms. The molecule has 23 heavy (non-hydrogen) atoms. The van der Waals surface area contributed by atoms with Gasteiger partial charge in [0.1, 0.15) is 6.54 Å². The van der Waals surface area contributed by atoms with Crippen LogP contribution in [-0.4, -0.2) is 47.0 Å². The summed E-state index contributed by atoms with van der Waals surface area (Å²) in [6.45, 7) is -1.41. The van der Waals surface area contributed by atoms with Crippen LogP contribution >= 0.6 is 0 Å². The molecule has 2 amide bonds. The number of carbonyl (C=O) groups excluding carboxylic acids is 2. The third-order valence-corrected chi connectivity index (χ3v) is 3.74. The summed E-state index contributed by atoms with van der Waals surface area (Å²) in [6.07, 6.45) is -2.81. The van der Waals surface area contributed by atoms with Gasteiger partial charge in [-0.05, 0) is 24.3 Å². The Morgan fingerprint density at radius 1 is 1.35 bits per heavy atom. The van der Waals surface area contributed by atoms with Gasteiger partial charge in [0.2, 0.25) is 5.91 Å². The number of fused-ring (bicyclic) bond motifs is 1. The lowest BCUT2D eigenvalue weighted by Gasteiger charge is -2.18. The van der Waals surface area contributed by atoms with Crippen LogP contribution in [0.1, 0.15) is 16.8 Å². The predicted octanol–water partition coefficient (Wildman–Crippen LogP) is 2.06. The van der Waals surface area contributed by atoms with Gasteiger partial charge in [0.15, 0.2) is 0 Å². The lowest BCUT2D eigenvalue weighted by molar-refractivity contribution is -0.157. The van der Waals surface area contributed by atoms with Crippen LogP contribution < -0.4 is 5.32 Å². The summed E-state index contributed by atoms with van der Waals surface area (Å²) in [5, 5.41) is 3.48. The Labute approximate surface area is 129 Å². The number of nitrogens with zero attached hydrogens (tertiary/aromatic N) is 1. The Hall–Kier alpha value is -2.51. The summed E-state index contributed by atoms with van der Waals surface area (Å²) in [5.41, 5.74) is 1.28. The smallest absolute Gasteiger partial charge is 0.361 e. The number of benzene rings is 1. The maximum absolute atomic E-state index is 12.4. The minimum absolute atomic E-state index is 0.117. The second-order valence-corrected chi connectivity index (χ2v) is 5.54. The van der Waals surface area contributed by atoms with E-state index in [-0.39, 0.29) is 13.0 Å². The van der Waals surface area contributed by atoms with Crippen LogP contribution in [0, 0.1) is 0 Å². The summed E-state index contributed by atoms with van der Waals surface area (Å²) >= 11 is 0. The van der Waals surface area contributed by atoms with E-state index < -0.39 is 30.6 Å². The zero-order chi connectivity index (χ0) is 16.6. The highest BCUT2D eigenvalue weighted by atomic mass is 19.4. The number of hydrogen-bond donors (Lipinski definition) is 2. The third kappa shape index (κ3) is 3.46. The van der Waals surface area contributed by atoms with Crippen molar-refractivity contribution in [2.75, 3.05) is 13.1 Å². The van der Waals surface area contributed by atoms with Crippen molar-refractivity contribution >= 4 is 22.7 Å². The molecule has 8 heteroatoms. The van der Waals surface area contributed by atoms with Crippen molar-refractivity contribution in [3.63, 3.8) is 0 Å². The highest BCUT2D eigenvalue weighted by Gasteiger charge is 2.38. The van der Waals surface area contributed by atoms with Crippen molar-refractivity contribution in [2.45, 2.75) is 18.6 Å². The van der Waals surface area contributed by atoms with Gasteiger partial charge in [0, 0.05) is 35.6 Å². The fourth-order valence-electron chi connectivity index (χ4n) is 2.70. The Kier molecular flexibility index (Phi) is 3.75. The number of rotatable bonds is 3. The summed E-state index contributed by atoms with van der Waals surface area (Å²) in [7, 11) is 0. The molecule has 5 nitrogen and oxygen atoms in total. The number of halogens is 3. The number of nitrogens with one attached hydrogen (secondary N) is 2. The molecule has 2 aromatic rings. The van der Waals surface area contributed by atoms with Crippen molar-refractivity contribution in [1.82, 2.24) is 15.2 Å². The monoisotopic (exact) mass is 325 g/mol. The molecule has 3 rings (SSSR count). The quantitative estimate of drug-likeness (QED) is 0.907. The van der Waals surface area contributed by atoms with Gasteiger partial charge in [-0.2, -0.15) is 13.2 Å². The maximum Gasteiger partial charge on any atom is 0.406 e. The first-order valence-electron chi connectivity index (χ1n) is 7.04. The predicted molar refractivity (Wildman–Crippen MR) is 76.8 cm³/mol. The highest BCUT2D eigenvalue weighted by molar-refractivity contribution is 5.98. The standard InChI is InChI=1S/C15H14F3N3O2/c16-15(17,18)8-21-7-11(6-13(21)22)20-14(23)10-1-2-12-9(5-10)3-4-19-12/h1-5,11,19H,6-8H2,(H,20,23)/t11-/m0/s1. The van der Waals surface area contributed by atoms with Gasteiger partial charge in [-0.15, -0.1) is 0 Å². The van der Waals surface area contributed by atoms with Crippen LogP contribution in [0.4, 0.5) is 13.2 Å². The van der Waals surface area contributed by atoms with Crippen LogP contribution in [0.15, 0.2) is 30.5 Å². The molecule has 0 saturated carbocycles. The Morgan fingerprint density at radius 2 is 2.13 bits per heavy atom. The number of alkyl halides is 3. The average Bonchev–Trinajstić information content (AvgIpc) is 3.03. The second kappa shape index (κ2) is 5.60. The number of amides is 2. The molecule has 0 aliphatic carbocycles. The summed E-state index contributed by atoms with van der Waals surface area (Å²) in [6, 6.07) is 6.26. The van der Waals surface area contributed by atoms with Gasteiger partial charge >= 0.3 is 6.18 Å². The number of aromatic nitrogens is 1. The molecule has 1 aromatic carbocycles. The van der Waals surface area contributed by atoms with E-state index in [0.29, 0.717) is 5.56 Å². The second-order valence-electron chi connectivity index (χ2n) is 5.54.